The van der Waals surface area contributed by atoms with Crippen LogP contribution < -0.4 is 25.8 Å². The van der Waals surface area contributed by atoms with Crippen molar-refractivity contribution < 1.29 is 19.0 Å². The lowest BCUT2D eigenvalue weighted by Gasteiger charge is -2.38. The lowest BCUT2D eigenvalue weighted by atomic mass is 10.0. The minimum atomic E-state index is -0.536. The molecule has 2 atom stereocenters. The fourth-order valence-electron chi connectivity index (χ4n) is 2.97. The number of para-hydroxylation sites is 1. The fourth-order valence-corrected chi connectivity index (χ4v) is 3.23. The van der Waals surface area contributed by atoms with E-state index in [1.54, 1.807) is 4.90 Å². The van der Waals surface area contributed by atoms with Crippen LogP contribution in [0.1, 0.15) is 27.2 Å². The average molecular weight is 394 g/mol. The van der Waals surface area contributed by atoms with Crippen molar-refractivity contribution >= 4 is 29.1 Å². The molecule has 0 bridgehead atoms. The van der Waals surface area contributed by atoms with Crippen molar-refractivity contribution in [1.29, 1.82) is 0 Å². The number of nitrogens with zero attached hydrogens (tertiary/aromatic N) is 1. The molecule has 3 rings (SSSR count). The van der Waals surface area contributed by atoms with Gasteiger partial charge in [0.25, 0.3) is 0 Å². The summed E-state index contributed by atoms with van der Waals surface area (Å²) in [6.07, 6.45) is 0.323. The lowest BCUT2D eigenvalue weighted by molar-refractivity contribution is 0.0182. The van der Waals surface area contributed by atoms with Gasteiger partial charge in [0.05, 0.1) is 11.7 Å². The van der Waals surface area contributed by atoms with E-state index in [-0.39, 0.29) is 25.0 Å². The molecule has 0 radical (unpaired) electrons. The zero-order valence-electron chi connectivity index (χ0n) is 15.8. The molecular formula is C18H26N4O4S. The van der Waals surface area contributed by atoms with Crippen LogP contribution in [0.15, 0.2) is 18.2 Å². The van der Waals surface area contributed by atoms with E-state index < -0.39 is 5.60 Å². The summed E-state index contributed by atoms with van der Waals surface area (Å²) < 4.78 is 16.3. The van der Waals surface area contributed by atoms with Gasteiger partial charge in [-0.3, -0.25) is 0 Å². The van der Waals surface area contributed by atoms with E-state index in [9.17, 15) is 4.79 Å². The molecule has 0 aliphatic carbocycles. The van der Waals surface area contributed by atoms with Crippen LogP contribution in [0.3, 0.4) is 0 Å². The highest BCUT2D eigenvalue weighted by atomic mass is 32.1. The molecule has 2 aliphatic rings. The maximum absolute atomic E-state index is 12.3. The quantitative estimate of drug-likeness (QED) is 0.656. The Bertz CT molecular complexity index is 722. The Labute approximate surface area is 164 Å². The van der Waals surface area contributed by atoms with E-state index in [0.717, 1.165) is 5.69 Å². The first kappa shape index (κ1) is 19.5. The molecule has 0 spiro atoms. The second-order valence-electron chi connectivity index (χ2n) is 7.62. The number of amides is 1. The van der Waals surface area contributed by atoms with E-state index in [2.05, 4.69) is 10.6 Å². The van der Waals surface area contributed by atoms with Gasteiger partial charge >= 0.3 is 6.09 Å². The van der Waals surface area contributed by atoms with Crippen LogP contribution in [-0.4, -0.2) is 53.7 Å². The summed E-state index contributed by atoms with van der Waals surface area (Å²) in [4.78, 5) is 14.0. The number of nitrogens with one attached hydrogen (secondary N) is 2. The van der Waals surface area contributed by atoms with Gasteiger partial charge in [-0.2, -0.15) is 0 Å². The number of rotatable bonds is 2. The summed E-state index contributed by atoms with van der Waals surface area (Å²) >= 11 is 5.42. The number of ether oxygens (including phenoxy) is 3. The number of piperidine rings is 1. The molecule has 2 heterocycles. The number of anilines is 1. The lowest BCUT2D eigenvalue weighted by Crippen LogP contribution is -2.60. The molecule has 0 saturated carbocycles. The van der Waals surface area contributed by atoms with E-state index in [0.29, 0.717) is 36.1 Å². The molecule has 8 nitrogen and oxygen atoms in total. The first-order chi connectivity index (χ1) is 12.7. The van der Waals surface area contributed by atoms with E-state index >= 15 is 0 Å². The largest absolute Gasteiger partial charge is 0.454 e. The second-order valence-corrected chi connectivity index (χ2v) is 8.03. The normalized spacial score (nSPS) is 21.6. The van der Waals surface area contributed by atoms with Crippen molar-refractivity contribution in [3.05, 3.63) is 18.2 Å². The van der Waals surface area contributed by atoms with E-state index in [1.807, 2.05) is 39.0 Å². The molecule has 4 N–H and O–H groups in total. The molecule has 27 heavy (non-hydrogen) atoms. The fraction of sp³-hybridized carbons (Fsp3) is 0.556. The van der Waals surface area contributed by atoms with Crippen LogP contribution in [0.2, 0.25) is 0 Å². The first-order valence-electron chi connectivity index (χ1n) is 8.92. The van der Waals surface area contributed by atoms with Crippen molar-refractivity contribution in [3.63, 3.8) is 0 Å². The smallest absolute Gasteiger partial charge is 0.410 e. The highest BCUT2D eigenvalue weighted by Crippen LogP contribution is 2.38. The minimum absolute atomic E-state index is 0.121. The Kier molecular flexibility index (Phi) is 5.61. The molecule has 1 fully saturated rings. The SMILES string of the molecule is CC(C)(C)OC(=O)N1CC[C@H](N)[C@H](NC(=S)Nc2cccc3c2OCO3)C1. The number of thiocarbonyl (C=S) groups is 1. The van der Waals surface area contributed by atoms with Crippen LogP contribution in [0, 0.1) is 0 Å². The predicted molar refractivity (Wildman–Crippen MR) is 106 cm³/mol. The zero-order valence-corrected chi connectivity index (χ0v) is 16.6. The number of fused-ring (bicyclic) bond motifs is 1. The zero-order chi connectivity index (χ0) is 19.6. The highest BCUT2D eigenvalue weighted by Gasteiger charge is 2.32. The Balaban J connectivity index is 1.59. The number of carbonyl (C=O) groups excluding carboxylic acids is 1. The van der Waals surface area contributed by atoms with Gasteiger partial charge in [-0.05, 0) is 51.5 Å². The molecular weight excluding hydrogens is 368 g/mol. The van der Waals surface area contributed by atoms with Crippen LogP contribution in [0.4, 0.5) is 10.5 Å². The van der Waals surface area contributed by atoms with Gasteiger partial charge in [0.2, 0.25) is 6.79 Å². The number of nitrogens with two attached hydrogens (primary N) is 1. The van der Waals surface area contributed by atoms with E-state index in [1.165, 1.54) is 0 Å². The molecule has 148 valence electrons. The topological polar surface area (TPSA) is 98.1 Å². The molecule has 1 aromatic rings. The third kappa shape index (κ3) is 4.92. The summed E-state index contributed by atoms with van der Waals surface area (Å²) in [7, 11) is 0. The second kappa shape index (κ2) is 7.77. The molecule has 0 unspecified atom stereocenters. The maximum atomic E-state index is 12.3. The monoisotopic (exact) mass is 394 g/mol. The number of hydrogen-bond donors (Lipinski definition) is 3. The van der Waals surface area contributed by atoms with Crippen molar-refractivity contribution in [2.24, 2.45) is 5.73 Å². The van der Waals surface area contributed by atoms with Gasteiger partial charge in [-0.25, -0.2) is 4.79 Å². The summed E-state index contributed by atoms with van der Waals surface area (Å²) in [5.74, 6) is 1.30. The molecule has 1 aromatic carbocycles. The number of likely N-dealkylation sites (tertiary alicyclic amines) is 1. The summed E-state index contributed by atoms with van der Waals surface area (Å²) in [6, 6.07) is 5.24. The van der Waals surface area contributed by atoms with Gasteiger partial charge in [-0.15, -0.1) is 0 Å². The van der Waals surface area contributed by atoms with Gasteiger partial charge < -0.3 is 35.5 Å². The minimum Gasteiger partial charge on any atom is -0.454 e. The summed E-state index contributed by atoms with van der Waals surface area (Å²) in [6.45, 7) is 6.71. The van der Waals surface area contributed by atoms with Crippen LogP contribution in [0.25, 0.3) is 0 Å². The molecule has 0 aromatic heterocycles. The third-order valence-electron chi connectivity index (χ3n) is 4.28. The summed E-state index contributed by atoms with van der Waals surface area (Å²) in [5, 5.41) is 6.73. The Hall–Kier alpha value is -2.26. The number of benzene rings is 1. The number of hydrogen-bond acceptors (Lipinski definition) is 6. The molecule has 1 amide bonds. The standard InChI is InChI=1S/C18H26N4O4S/c1-18(2,3)26-17(23)22-8-7-11(19)13(9-22)21-16(27)20-12-5-4-6-14-15(12)25-10-24-14/h4-6,11,13H,7-10,19H2,1-3H3,(H2,20,21,27)/t11-,13+/m0/s1. The maximum Gasteiger partial charge on any atom is 0.410 e. The Morgan fingerprint density at radius 1 is 1.37 bits per heavy atom. The Morgan fingerprint density at radius 2 is 2.15 bits per heavy atom. The van der Waals surface area contributed by atoms with Crippen molar-refractivity contribution in [1.82, 2.24) is 10.2 Å². The first-order valence-corrected chi connectivity index (χ1v) is 9.33. The molecule has 1 saturated heterocycles. The molecule has 2 aliphatic heterocycles. The van der Waals surface area contributed by atoms with Gasteiger partial charge in [0.15, 0.2) is 16.6 Å². The van der Waals surface area contributed by atoms with E-state index in [4.69, 9.17) is 32.2 Å². The number of carbonyl (C=O) groups is 1. The van der Waals surface area contributed by atoms with Gasteiger partial charge in [0.1, 0.15) is 5.60 Å². The van der Waals surface area contributed by atoms with Gasteiger partial charge in [-0.1, -0.05) is 6.07 Å². The average Bonchev–Trinajstić information content (AvgIpc) is 3.05. The highest BCUT2D eigenvalue weighted by molar-refractivity contribution is 7.80. The summed E-state index contributed by atoms with van der Waals surface area (Å²) in [5.41, 5.74) is 6.41. The van der Waals surface area contributed by atoms with Crippen LogP contribution in [0.5, 0.6) is 11.5 Å². The predicted octanol–water partition coefficient (Wildman–Crippen LogP) is 2.04. The van der Waals surface area contributed by atoms with Gasteiger partial charge in [0, 0.05) is 19.1 Å². The van der Waals surface area contributed by atoms with Crippen molar-refractivity contribution in [2.45, 2.75) is 44.9 Å². The molecule has 9 heteroatoms. The Morgan fingerprint density at radius 3 is 2.89 bits per heavy atom. The third-order valence-corrected chi connectivity index (χ3v) is 4.50. The van der Waals surface area contributed by atoms with Crippen molar-refractivity contribution in [2.75, 3.05) is 25.2 Å². The van der Waals surface area contributed by atoms with Crippen LogP contribution in [-0.2, 0) is 4.74 Å². The van der Waals surface area contributed by atoms with Crippen molar-refractivity contribution in [3.8, 4) is 11.5 Å². The van der Waals surface area contributed by atoms with Crippen LogP contribution >= 0.6 is 12.2 Å².